The summed E-state index contributed by atoms with van der Waals surface area (Å²) in [6.45, 7) is 4.10. The summed E-state index contributed by atoms with van der Waals surface area (Å²) in [5.74, 6) is 0.809. The fraction of sp³-hybridized carbons (Fsp3) is 0.500. The molecule has 5 heteroatoms. The van der Waals surface area contributed by atoms with E-state index in [1.807, 2.05) is 31.3 Å². The van der Waals surface area contributed by atoms with Crippen LogP contribution in [0.25, 0.3) is 0 Å². The number of rotatable bonds is 8. The van der Waals surface area contributed by atoms with Gasteiger partial charge in [0.1, 0.15) is 17.3 Å². The van der Waals surface area contributed by atoms with E-state index < -0.39 is 0 Å². The average Bonchev–Trinajstić information content (AvgIpc) is 2.37. The van der Waals surface area contributed by atoms with E-state index in [1.165, 1.54) is 0 Å². The van der Waals surface area contributed by atoms with Crippen LogP contribution in [0, 0.1) is 0 Å². The Balaban J connectivity index is 2.27. The predicted octanol–water partition coefficient (Wildman–Crippen LogP) is 1.40. The van der Waals surface area contributed by atoms with Gasteiger partial charge in [-0.15, -0.1) is 0 Å². The van der Waals surface area contributed by atoms with Crippen molar-refractivity contribution in [3.8, 4) is 5.75 Å². The first-order chi connectivity index (χ1) is 8.99. The van der Waals surface area contributed by atoms with Crippen LogP contribution >= 0.6 is 12.2 Å². The summed E-state index contributed by atoms with van der Waals surface area (Å²) in [5.41, 5.74) is 6.37. The van der Waals surface area contributed by atoms with Crippen LogP contribution in [-0.4, -0.2) is 47.8 Å². The third kappa shape index (κ3) is 6.52. The second-order valence-electron chi connectivity index (χ2n) is 4.68. The van der Waals surface area contributed by atoms with Gasteiger partial charge in [-0.2, -0.15) is 0 Å². The van der Waals surface area contributed by atoms with Gasteiger partial charge in [0.25, 0.3) is 0 Å². The molecule has 4 nitrogen and oxygen atoms in total. The normalized spacial score (nSPS) is 12.4. The molecular formula is C14H22N2O2S. The number of benzene rings is 1. The van der Waals surface area contributed by atoms with E-state index in [9.17, 15) is 5.11 Å². The SMILES string of the molecule is CC(O)CCN(C)CCOc1ccc(C(N)=S)cc1. The van der Waals surface area contributed by atoms with Crippen LogP contribution in [0.5, 0.6) is 5.75 Å². The number of ether oxygens (including phenoxy) is 1. The van der Waals surface area contributed by atoms with E-state index in [1.54, 1.807) is 6.92 Å². The number of aliphatic hydroxyl groups excluding tert-OH is 1. The maximum atomic E-state index is 9.20. The van der Waals surface area contributed by atoms with Crippen LogP contribution in [0.2, 0.25) is 0 Å². The zero-order valence-corrected chi connectivity index (χ0v) is 12.3. The molecule has 0 spiro atoms. The van der Waals surface area contributed by atoms with Crippen LogP contribution in [0.1, 0.15) is 18.9 Å². The standard InChI is InChI=1S/C14H22N2O2S/c1-11(17)7-8-16(2)9-10-18-13-5-3-12(4-6-13)14(15)19/h3-6,11,17H,7-10H2,1-2H3,(H2,15,19). The van der Waals surface area contributed by atoms with Gasteiger partial charge in [0.2, 0.25) is 0 Å². The van der Waals surface area contributed by atoms with Crippen LogP contribution in [-0.2, 0) is 0 Å². The largest absolute Gasteiger partial charge is 0.492 e. The summed E-state index contributed by atoms with van der Waals surface area (Å²) < 4.78 is 5.63. The monoisotopic (exact) mass is 282 g/mol. The Morgan fingerprint density at radius 1 is 1.37 bits per heavy atom. The Morgan fingerprint density at radius 2 is 2.00 bits per heavy atom. The van der Waals surface area contributed by atoms with E-state index >= 15 is 0 Å². The molecule has 0 radical (unpaired) electrons. The summed E-state index contributed by atoms with van der Waals surface area (Å²) in [6, 6.07) is 7.44. The van der Waals surface area contributed by atoms with E-state index in [0.29, 0.717) is 11.6 Å². The molecule has 1 aromatic carbocycles. The minimum absolute atomic E-state index is 0.254. The second kappa shape index (κ2) is 8.09. The molecule has 0 amide bonds. The Bertz CT molecular complexity index is 393. The van der Waals surface area contributed by atoms with Crippen LogP contribution in [0.15, 0.2) is 24.3 Å². The zero-order chi connectivity index (χ0) is 14.3. The quantitative estimate of drug-likeness (QED) is 0.706. The average molecular weight is 282 g/mol. The molecule has 0 bridgehead atoms. The second-order valence-corrected chi connectivity index (χ2v) is 5.12. The summed E-state index contributed by atoms with van der Waals surface area (Å²) in [6.07, 6.45) is 0.523. The fourth-order valence-corrected chi connectivity index (χ4v) is 1.69. The summed E-state index contributed by atoms with van der Waals surface area (Å²) in [4.78, 5) is 2.53. The van der Waals surface area contributed by atoms with E-state index in [4.69, 9.17) is 22.7 Å². The summed E-state index contributed by atoms with van der Waals surface area (Å²) in [7, 11) is 2.02. The number of thiocarbonyl (C=S) groups is 1. The molecule has 0 aliphatic heterocycles. The number of nitrogens with zero attached hydrogens (tertiary/aromatic N) is 1. The van der Waals surface area contributed by atoms with Crippen molar-refractivity contribution in [1.29, 1.82) is 0 Å². The number of aliphatic hydroxyl groups is 1. The highest BCUT2D eigenvalue weighted by Gasteiger charge is 2.02. The predicted molar refractivity (Wildman–Crippen MR) is 81.6 cm³/mol. The molecule has 106 valence electrons. The molecule has 0 heterocycles. The van der Waals surface area contributed by atoms with Gasteiger partial charge in [0, 0.05) is 18.7 Å². The van der Waals surface area contributed by atoms with Crippen LogP contribution < -0.4 is 10.5 Å². The van der Waals surface area contributed by atoms with Gasteiger partial charge >= 0.3 is 0 Å². The van der Waals surface area contributed by atoms with E-state index in [-0.39, 0.29) is 6.10 Å². The smallest absolute Gasteiger partial charge is 0.119 e. The first-order valence-electron chi connectivity index (χ1n) is 6.38. The molecule has 1 unspecified atom stereocenters. The number of likely N-dealkylation sites (N-methyl/N-ethyl adjacent to an activating group) is 1. The molecule has 3 N–H and O–H groups in total. The molecule has 0 aromatic heterocycles. The lowest BCUT2D eigenvalue weighted by molar-refractivity contribution is 0.157. The molecular weight excluding hydrogens is 260 g/mol. The molecule has 0 saturated carbocycles. The highest BCUT2D eigenvalue weighted by molar-refractivity contribution is 7.80. The van der Waals surface area contributed by atoms with Crippen LogP contribution in [0.4, 0.5) is 0 Å². The van der Waals surface area contributed by atoms with Gasteiger partial charge in [-0.3, -0.25) is 0 Å². The van der Waals surface area contributed by atoms with Gasteiger partial charge in [-0.25, -0.2) is 0 Å². The molecule has 0 saturated heterocycles. The fourth-order valence-electron chi connectivity index (χ4n) is 1.55. The third-order valence-electron chi connectivity index (χ3n) is 2.81. The summed E-state index contributed by atoms with van der Waals surface area (Å²) >= 11 is 4.89. The van der Waals surface area contributed by atoms with Gasteiger partial charge in [0.15, 0.2) is 0 Å². The van der Waals surface area contributed by atoms with Crippen molar-refractivity contribution in [3.05, 3.63) is 29.8 Å². The Morgan fingerprint density at radius 3 is 2.53 bits per heavy atom. The van der Waals surface area contributed by atoms with Crippen molar-refractivity contribution >= 4 is 17.2 Å². The number of hydrogen-bond donors (Lipinski definition) is 2. The maximum Gasteiger partial charge on any atom is 0.119 e. The van der Waals surface area contributed by atoms with Crippen molar-refractivity contribution < 1.29 is 9.84 Å². The lowest BCUT2D eigenvalue weighted by Crippen LogP contribution is -2.27. The number of nitrogens with two attached hydrogens (primary N) is 1. The van der Waals surface area contributed by atoms with Crippen molar-refractivity contribution in [2.45, 2.75) is 19.4 Å². The molecule has 1 atom stereocenters. The Hall–Kier alpha value is -1.17. The molecule has 0 aliphatic rings. The van der Waals surface area contributed by atoms with Crippen molar-refractivity contribution in [1.82, 2.24) is 4.90 Å². The first kappa shape index (κ1) is 15.9. The highest BCUT2D eigenvalue weighted by atomic mass is 32.1. The lowest BCUT2D eigenvalue weighted by Gasteiger charge is -2.17. The maximum absolute atomic E-state index is 9.20. The van der Waals surface area contributed by atoms with Gasteiger partial charge in [-0.05, 0) is 44.7 Å². The van der Waals surface area contributed by atoms with Crippen molar-refractivity contribution in [3.63, 3.8) is 0 Å². The van der Waals surface area contributed by atoms with Crippen LogP contribution in [0.3, 0.4) is 0 Å². The minimum atomic E-state index is -0.254. The zero-order valence-electron chi connectivity index (χ0n) is 11.5. The molecule has 1 rings (SSSR count). The third-order valence-corrected chi connectivity index (χ3v) is 3.04. The van der Waals surface area contributed by atoms with Crippen molar-refractivity contribution in [2.24, 2.45) is 5.73 Å². The Labute approximate surface area is 120 Å². The van der Waals surface area contributed by atoms with E-state index in [0.717, 1.165) is 30.8 Å². The van der Waals surface area contributed by atoms with Gasteiger partial charge in [-0.1, -0.05) is 12.2 Å². The minimum Gasteiger partial charge on any atom is -0.492 e. The first-order valence-corrected chi connectivity index (χ1v) is 6.79. The summed E-state index contributed by atoms with van der Waals surface area (Å²) in [5, 5.41) is 9.20. The number of hydrogen-bond acceptors (Lipinski definition) is 4. The van der Waals surface area contributed by atoms with Gasteiger partial charge in [0.05, 0.1) is 6.10 Å². The topological polar surface area (TPSA) is 58.7 Å². The molecule has 19 heavy (non-hydrogen) atoms. The molecule has 0 aliphatic carbocycles. The molecule has 0 fully saturated rings. The highest BCUT2D eigenvalue weighted by Crippen LogP contribution is 2.12. The van der Waals surface area contributed by atoms with Gasteiger partial charge < -0.3 is 20.5 Å². The lowest BCUT2D eigenvalue weighted by atomic mass is 10.2. The van der Waals surface area contributed by atoms with E-state index in [2.05, 4.69) is 4.90 Å². The Kier molecular flexibility index (Phi) is 6.77. The van der Waals surface area contributed by atoms with Crippen molar-refractivity contribution in [2.75, 3.05) is 26.7 Å². The molecule has 1 aromatic rings.